The van der Waals surface area contributed by atoms with Gasteiger partial charge in [0.25, 0.3) is 0 Å². The van der Waals surface area contributed by atoms with E-state index in [1.807, 2.05) is 0 Å². The first-order chi connectivity index (χ1) is 8.92. The highest BCUT2D eigenvalue weighted by Gasteiger charge is 2.59. The van der Waals surface area contributed by atoms with E-state index >= 15 is 0 Å². The van der Waals surface area contributed by atoms with Crippen LogP contribution < -0.4 is 0 Å². The lowest BCUT2D eigenvalue weighted by molar-refractivity contribution is -0.135. The Balaban J connectivity index is 2.09. The van der Waals surface area contributed by atoms with Gasteiger partial charge >= 0.3 is 5.97 Å². The van der Waals surface area contributed by atoms with Crippen molar-refractivity contribution in [3.63, 3.8) is 0 Å². The van der Waals surface area contributed by atoms with Crippen molar-refractivity contribution in [3.05, 3.63) is 11.6 Å². The molecule has 1 aliphatic heterocycles. The van der Waals surface area contributed by atoms with Crippen LogP contribution in [0.5, 0.6) is 0 Å². The number of aliphatic hydroxyl groups excluding tert-OH is 2. The van der Waals surface area contributed by atoms with Gasteiger partial charge in [0, 0.05) is 24.0 Å². The van der Waals surface area contributed by atoms with E-state index in [1.54, 1.807) is 6.08 Å². The number of cyclic esters (lactones) is 1. The molecule has 19 heavy (non-hydrogen) atoms. The molecule has 2 N–H and O–H groups in total. The number of fused-ring (bicyclic) bond motifs is 3. The quantitative estimate of drug-likeness (QED) is 0.701. The van der Waals surface area contributed by atoms with Crippen molar-refractivity contribution >= 4 is 5.97 Å². The summed E-state index contributed by atoms with van der Waals surface area (Å²) in [6.07, 6.45) is 3.92. The van der Waals surface area contributed by atoms with Gasteiger partial charge in [-0.2, -0.15) is 0 Å². The van der Waals surface area contributed by atoms with Crippen molar-refractivity contribution in [3.8, 4) is 0 Å². The van der Waals surface area contributed by atoms with Crippen LogP contribution in [0.25, 0.3) is 0 Å². The Morgan fingerprint density at radius 3 is 2.84 bits per heavy atom. The van der Waals surface area contributed by atoms with Crippen molar-refractivity contribution in [2.24, 2.45) is 22.7 Å². The maximum atomic E-state index is 11.8. The van der Waals surface area contributed by atoms with Gasteiger partial charge in [0.2, 0.25) is 0 Å². The molecule has 1 heterocycles. The zero-order valence-electron chi connectivity index (χ0n) is 11.6. The van der Waals surface area contributed by atoms with Gasteiger partial charge in [0.05, 0.1) is 12.7 Å². The molecule has 0 aromatic carbocycles. The largest absolute Gasteiger partial charge is 0.462 e. The summed E-state index contributed by atoms with van der Waals surface area (Å²) in [4.78, 5) is 11.8. The molecule has 3 rings (SSSR count). The summed E-state index contributed by atoms with van der Waals surface area (Å²) in [7, 11) is 0. The molecule has 0 amide bonds. The second kappa shape index (κ2) is 4.06. The maximum absolute atomic E-state index is 11.8. The van der Waals surface area contributed by atoms with Gasteiger partial charge in [-0.3, -0.25) is 0 Å². The van der Waals surface area contributed by atoms with Crippen LogP contribution in [-0.4, -0.2) is 35.5 Å². The number of esters is 1. The van der Waals surface area contributed by atoms with E-state index in [4.69, 9.17) is 4.74 Å². The van der Waals surface area contributed by atoms with E-state index in [-0.39, 0.29) is 35.2 Å². The van der Waals surface area contributed by atoms with Crippen molar-refractivity contribution in [2.75, 3.05) is 13.2 Å². The first-order valence-electron chi connectivity index (χ1n) is 7.10. The minimum atomic E-state index is -0.667. The fourth-order valence-electron chi connectivity index (χ4n) is 4.84. The first kappa shape index (κ1) is 13.1. The van der Waals surface area contributed by atoms with Crippen LogP contribution in [-0.2, 0) is 9.53 Å². The first-order valence-corrected chi connectivity index (χ1v) is 7.10. The van der Waals surface area contributed by atoms with Crippen LogP contribution in [0.2, 0.25) is 0 Å². The lowest BCUT2D eigenvalue weighted by Crippen LogP contribution is -2.56. The Kier molecular flexibility index (Phi) is 2.81. The third-order valence-corrected chi connectivity index (χ3v) is 5.77. The lowest BCUT2D eigenvalue weighted by Gasteiger charge is -2.57. The fourth-order valence-corrected chi connectivity index (χ4v) is 4.84. The molecular weight excluding hydrogens is 244 g/mol. The molecule has 1 saturated carbocycles. The monoisotopic (exact) mass is 266 g/mol. The molecule has 2 aliphatic carbocycles. The average Bonchev–Trinajstić information content (AvgIpc) is 2.71. The maximum Gasteiger partial charge on any atom is 0.334 e. The van der Waals surface area contributed by atoms with Gasteiger partial charge < -0.3 is 14.9 Å². The third kappa shape index (κ3) is 1.62. The summed E-state index contributed by atoms with van der Waals surface area (Å²) in [5.74, 6) is -0.221. The van der Waals surface area contributed by atoms with Crippen molar-refractivity contribution in [1.82, 2.24) is 0 Å². The molecule has 4 heteroatoms. The highest BCUT2D eigenvalue weighted by molar-refractivity contribution is 5.91. The molecule has 0 bridgehead atoms. The second-order valence-corrected chi connectivity index (χ2v) is 6.91. The van der Waals surface area contributed by atoms with Gasteiger partial charge in [0.1, 0.15) is 0 Å². The number of ether oxygens (including phenoxy) is 1. The van der Waals surface area contributed by atoms with Crippen molar-refractivity contribution < 1.29 is 19.7 Å². The molecule has 0 radical (unpaired) electrons. The molecule has 106 valence electrons. The van der Waals surface area contributed by atoms with Crippen LogP contribution in [0.3, 0.4) is 0 Å². The minimum absolute atomic E-state index is 0.0120. The summed E-state index contributed by atoms with van der Waals surface area (Å²) in [6.45, 7) is 4.70. The van der Waals surface area contributed by atoms with E-state index in [9.17, 15) is 15.0 Å². The zero-order valence-corrected chi connectivity index (χ0v) is 11.6. The summed E-state index contributed by atoms with van der Waals surface area (Å²) in [5.41, 5.74) is 0.208. The smallest absolute Gasteiger partial charge is 0.334 e. The van der Waals surface area contributed by atoms with Gasteiger partial charge in [-0.25, -0.2) is 4.79 Å². The van der Waals surface area contributed by atoms with Crippen molar-refractivity contribution in [2.45, 2.75) is 39.2 Å². The number of rotatable bonds is 1. The molecule has 1 saturated heterocycles. The minimum Gasteiger partial charge on any atom is -0.462 e. The molecule has 0 spiro atoms. The Bertz CT molecular complexity index is 443. The summed E-state index contributed by atoms with van der Waals surface area (Å²) in [6, 6.07) is 0. The SMILES string of the molecule is C[C@]1(CO)CCC[C@@]2(C)[C@@H]1[C@H](O)C=C1C(=O)OC[C@@H]12. The van der Waals surface area contributed by atoms with Gasteiger partial charge in [0.15, 0.2) is 0 Å². The summed E-state index contributed by atoms with van der Waals surface area (Å²) in [5, 5.41) is 20.3. The number of carbonyl (C=O) groups is 1. The van der Waals surface area contributed by atoms with Crippen LogP contribution >= 0.6 is 0 Å². The Morgan fingerprint density at radius 2 is 2.16 bits per heavy atom. The van der Waals surface area contributed by atoms with Crippen LogP contribution in [0.1, 0.15) is 33.1 Å². The van der Waals surface area contributed by atoms with E-state index in [1.165, 1.54) is 0 Å². The average molecular weight is 266 g/mol. The Morgan fingerprint density at radius 1 is 1.42 bits per heavy atom. The van der Waals surface area contributed by atoms with Gasteiger partial charge in [-0.1, -0.05) is 20.3 Å². The van der Waals surface area contributed by atoms with E-state index in [2.05, 4.69) is 13.8 Å². The van der Waals surface area contributed by atoms with Gasteiger partial charge in [-0.15, -0.1) is 0 Å². The lowest BCUT2D eigenvalue weighted by atomic mass is 9.48. The van der Waals surface area contributed by atoms with Gasteiger partial charge in [-0.05, 0) is 29.7 Å². The number of carbonyl (C=O) groups excluding carboxylic acids is 1. The molecule has 2 fully saturated rings. The van der Waals surface area contributed by atoms with E-state index in [0.29, 0.717) is 12.2 Å². The molecular formula is C15H22O4. The van der Waals surface area contributed by atoms with E-state index < -0.39 is 6.10 Å². The standard InChI is InChI=1S/C15H22O4/c1-14(8-16)4-3-5-15(2)10-7-19-13(18)9(10)6-11(17)12(14)15/h6,10-12,16-17H,3-5,7-8H2,1-2H3/t10-,11+,12+,14+,15+/m0/s1. The highest BCUT2D eigenvalue weighted by atomic mass is 16.5. The third-order valence-electron chi connectivity index (χ3n) is 5.77. The van der Waals surface area contributed by atoms with E-state index in [0.717, 1.165) is 19.3 Å². The molecule has 4 nitrogen and oxygen atoms in total. The topological polar surface area (TPSA) is 66.8 Å². The number of hydrogen-bond donors (Lipinski definition) is 2. The molecule has 0 aromatic heterocycles. The zero-order chi connectivity index (χ0) is 13.8. The summed E-state index contributed by atoms with van der Waals surface area (Å²) >= 11 is 0. The molecule has 0 unspecified atom stereocenters. The summed E-state index contributed by atoms with van der Waals surface area (Å²) < 4.78 is 5.18. The fraction of sp³-hybridized carbons (Fsp3) is 0.800. The predicted molar refractivity (Wildman–Crippen MR) is 69.2 cm³/mol. The second-order valence-electron chi connectivity index (χ2n) is 6.91. The molecule has 3 aliphatic rings. The Hall–Kier alpha value is -0.870. The van der Waals surface area contributed by atoms with Crippen molar-refractivity contribution in [1.29, 1.82) is 0 Å². The number of aliphatic hydroxyl groups is 2. The molecule has 5 atom stereocenters. The van der Waals surface area contributed by atoms with Crippen LogP contribution in [0, 0.1) is 22.7 Å². The predicted octanol–water partition coefficient (Wildman–Crippen LogP) is 1.27. The van der Waals surface area contributed by atoms with Crippen LogP contribution in [0.15, 0.2) is 11.6 Å². The normalized spacial score (nSPS) is 49.2. The highest BCUT2D eigenvalue weighted by Crippen LogP contribution is 2.60. The van der Waals surface area contributed by atoms with Crippen LogP contribution in [0.4, 0.5) is 0 Å². The molecule has 0 aromatic rings. The number of hydrogen-bond acceptors (Lipinski definition) is 4. The Labute approximate surface area is 113 Å².